The predicted molar refractivity (Wildman–Crippen MR) is 118 cm³/mol. The minimum Gasteiger partial charge on any atom is -0.595 e. The first-order valence-electron chi connectivity index (χ1n) is 9.90. The summed E-state index contributed by atoms with van der Waals surface area (Å²) >= 11 is 0. The van der Waals surface area contributed by atoms with E-state index in [0.717, 1.165) is 27.8 Å². The average Bonchev–Trinajstić information content (AvgIpc) is 3.33. The van der Waals surface area contributed by atoms with Crippen molar-refractivity contribution in [3.8, 4) is 33.7 Å². The van der Waals surface area contributed by atoms with Gasteiger partial charge in [0.25, 0.3) is 0 Å². The molecule has 5 heteroatoms. The van der Waals surface area contributed by atoms with E-state index in [0.29, 0.717) is 17.5 Å². The van der Waals surface area contributed by atoms with Crippen molar-refractivity contribution in [2.24, 2.45) is 0 Å². The second kappa shape index (κ2) is 8.63. The van der Waals surface area contributed by atoms with Gasteiger partial charge in [-0.3, -0.25) is 0 Å². The number of hydrogen-bond donors (Lipinski definition) is 1. The van der Waals surface area contributed by atoms with E-state index >= 15 is 0 Å². The van der Waals surface area contributed by atoms with Crippen molar-refractivity contribution in [2.45, 2.75) is 19.8 Å². The van der Waals surface area contributed by atoms with Gasteiger partial charge in [-0.2, -0.15) is 5.23 Å². The van der Waals surface area contributed by atoms with Crippen LogP contribution in [0.15, 0.2) is 83.6 Å². The van der Waals surface area contributed by atoms with Crippen LogP contribution >= 0.6 is 0 Å². The normalized spacial score (nSPS) is 12.3. The number of nitrogens with one attached hydrogen (secondary N) is 1. The molecule has 0 bridgehead atoms. The van der Waals surface area contributed by atoms with Gasteiger partial charge in [0, 0.05) is 17.2 Å². The molecule has 1 aromatic heterocycles. The van der Waals surface area contributed by atoms with E-state index in [2.05, 4.69) is 49.2 Å². The van der Waals surface area contributed by atoms with E-state index in [9.17, 15) is 5.21 Å². The third-order valence-electron chi connectivity index (χ3n) is 5.21. The summed E-state index contributed by atoms with van der Waals surface area (Å²) in [5, 5.41) is 12.0. The maximum atomic E-state index is 12.4. The van der Waals surface area contributed by atoms with E-state index in [1.165, 1.54) is 12.7 Å². The summed E-state index contributed by atoms with van der Waals surface area (Å²) < 4.78 is 5.50. The lowest BCUT2D eigenvalue weighted by atomic mass is 9.90. The summed E-state index contributed by atoms with van der Waals surface area (Å²) in [6.07, 6.45) is 3.19. The number of aromatic nitrogens is 1. The second-order valence-corrected chi connectivity index (χ2v) is 7.41. The van der Waals surface area contributed by atoms with Crippen molar-refractivity contribution >= 4 is 5.69 Å². The van der Waals surface area contributed by atoms with E-state index in [1.54, 1.807) is 18.5 Å². The monoisotopic (exact) mass is 400 g/mol. The van der Waals surface area contributed by atoms with Gasteiger partial charge in [-0.05, 0) is 46.4 Å². The standard InChI is InChI=1S/C25H24N2O3/c1-17(2)18-8-10-19(11-9-18)23-16-20(25-26-14-15-30-25)12-13-21(23)22-6-4-5-7-24(22)27(28)29-3/h4-17,27H,1-3H3. The lowest BCUT2D eigenvalue weighted by Crippen LogP contribution is -3.00. The Morgan fingerprint density at radius 2 is 1.63 bits per heavy atom. The Hall–Kier alpha value is -3.25. The largest absolute Gasteiger partial charge is 0.595 e. The molecule has 1 N–H and O–H groups in total. The minimum atomic E-state index is -0.358. The molecular weight excluding hydrogens is 376 g/mol. The molecule has 0 aliphatic carbocycles. The predicted octanol–water partition coefficient (Wildman–Crippen LogP) is 5.37. The van der Waals surface area contributed by atoms with Gasteiger partial charge in [-0.25, -0.2) is 9.82 Å². The zero-order chi connectivity index (χ0) is 21.1. The van der Waals surface area contributed by atoms with Gasteiger partial charge in [0.1, 0.15) is 6.26 Å². The average molecular weight is 400 g/mol. The summed E-state index contributed by atoms with van der Waals surface area (Å²) in [6.45, 7) is 4.35. The van der Waals surface area contributed by atoms with Crippen LogP contribution in [-0.4, -0.2) is 12.1 Å². The molecule has 0 spiro atoms. The highest BCUT2D eigenvalue weighted by molar-refractivity contribution is 5.89. The van der Waals surface area contributed by atoms with Gasteiger partial charge in [0.15, 0.2) is 5.69 Å². The molecule has 0 aliphatic heterocycles. The first-order valence-corrected chi connectivity index (χ1v) is 9.90. The van der Waals surface area contributed by atoms with Gasteiger partial charge >= 0.3 is 0 Å². The molecule has 30 heavy (non-hydrogen) atoms. The second-order valence-electron chi connectivity index (χ2n) is 7.41. The van der Waals surface area contributed by atoms with Crippen molar-refractivity contribution in [1.29, 1.82) is 0 Å². The van der Waals surface area contributed by atoms with Gasteiger partial charge < -0.3 is 9.62 Å². The molecule has 5 nitrogen and oxygen atoms in total. The van der Waals surface area contributed by atoms with Crippen LogP contribution in [0.2, 0.25) is 0 Å². The van der Waals surface area contributed by atoms with Crippen LogP contribution in [0, 0.1) is 5.21 Å². The maximum Gasteiger partial charge on any atom is 0.225 e. The minimum absolute atomic E-state index is 0.358. The van der Waals surface area contributed by atoms with Crippen LogP contribution in [0.3, 0.4) is 0 Å². The molecule has 152 valence electrons. The Kier molecular flexibility index (Phi) is 5.77. The molecule has 1 unspecified atom stereocenters. The molecule has 0 saturated heterocycles. The molecule has 0 saturated carbocycles. The molecule has 4 aromatic rings. The molecule has 1 atom stereocenters. The number of nitrogens with zero attached hydrogens (tertiary/aromatic N) is 1. The Balaban J connectivity index is 1.91. The van der Waals surface area contributed by atoms with E-state index in [4.69, 9.17) is 9.25 Å². The van der Waals surface area contributed by atoms with Gasteiger partial charge in [0.05, 0.1) is 13.3 Å². The SMILES string of the molecule is CO[NH+]([O-])c1ccccc1-c1ccc(-c2ncco2)cc1-c1ccc(C(C)C)cc1. The van der Waals surface area contributed by atoms with Gasteiger partial charge in [-0.1, -0.05) is 56.3 Å². The third-order valence-corrected chi connectivity index (χ3v) is 5.21. The molecule has 0 amide bonds. The first kappa shape index (κ1) is 20.0. The first-order chi connectivity index (χ1) is 14.6. The lowest BCUT2D eigenvalue weighted by Gasteiger charge is -2.21. The van der Waals surface area contributed by atoms with Crippen LogP contribution in [0.5, 0.6) is 0 Å². The molecule has 0 fully saturated rings. The van der Waals surface area contributed by atoms with Crippen LogP contribution in [0.25, 0.3) is 33.7 Å². The molecule has 1 heterocycles. The van der Waals surface area contributed by atoms with Crippen LogP contribution in [-0.2, 0) is 4.84 Å². The highest BCUT2D eigenvalue weighted by atomic mass is 16.9. The van der Waals surface area contributed by atoms with Crippen LogP contribution in [0.4, 0.5) is 5.69 Å². The Labute approximate surface area is 176 Å². The fourth-order valence-electron chi connectivity index (χ4n) is 3.57. The molecular formula is C25H24N2O3. The van der Waals surface area contributed by atoms with Crippen molar-refractivity contribution in [3.05, 3.63) is 90.0 Å². The highest BCUT2D eigenvalue weighted by Crippen LogP contribution is 2.38. The Bertz CT molecular complexity index is 1120. The van der Waals surface area contributed by atoms with E-state index in [1.807, 2.05) is 30.3 Å². The molecule has 0 radical (unpaired) electrons. The van der Waals surface area contributed by atoms with Gasteiger partial charge in [0.2, 0.25) is 5.89 Å². The van der Waals surface area contributed by atoms with Crippen molar-refractivity contribution in [2.75, 3.05) is 7.11 Å². The fourth-order valence-corrected chi connectivity index (χ4v) is 3.57. The number of quaternary nitrogens is 1. The smallest absolute Gasteiger partial charge is 0.225 e. The quantitative estimate of drug-likeness (QED) is 0.442. The van der Waals surface area contributed by atoms with Crippen molar-refractivity contribution in [1.82, 2.24) is 4.98 Å². The summed E-state index contributed by atoms with van der Waals surface area (Å²) in [6, 6.07) is 22.1. The molecule has 4 rings (SSSR count). The van der Waals surface area contributed by atoms with Crippen LogP contribution < -0.4 is 5.23 Å². The molecule has 0 aliphatic rings. The summed E-state index contributed by atoms with van der Waals surface area (Å²) in [5.74, 6) is 1.01. The zero-order valence-corrected chi connectivity index (χ0v) is 17.3. The van der Waals surface area contributed by atoms with Crippen molar-refractivity contribution in [3.63, 3.8) is 0 Å². The van der Waals surface area contributed by atoms with Crippen LogP contribution in [0.1, 0.15) is 25.3 Å². The Morgan fingerprint density at radius 3 is 2.30 bits per heavy atom. The maximum absolute atomic E-state index is 12.4. The number of benzene rings is 3. The summed E-state index contributed by atoms with van der Waals surface area (Å²) in [5.41, 5.74) is 6.51. The number of rotatable bonds is 6. The lowest BCUT2D eigenvalue weighted by molar-refractivity contribution is -0.992. The number of oxazole rings is 1. The highest BCUT2D eigenvalue weighted by Gasteiger charge is 2.17. The third kappa shape index (κ3) is 3.91. The van der Waals surface area contributed by atoms with E-state index in [-0.39, 0.29) is 5.23 Å². The summed E-state index contributed by atoms with van der Waals surface area (Å²) in [4.78, 5) is 9.28. The molecule has 3 aromatic carbocycles. The van der Waals surface area contributed by atoms with Gasteiger partial charge in [-0.15, -0.1) is 0 Å². The number of hydrogen-bond acceptors (Lipinski definition) is 4. The Morgan fingerprint density at radius 1 is 0.900 bits per heavy atom. The topological polar surface area (TPSA) is 62.8 Å². The van der Waals surface area contributed by atoms with Crippen molar-refractivity contribution < 1.29 is 14.5 Å². The summed E-state index contributed by atoms with van der Waals surface area (Å²) in [7, 11) is 1.40. The zero-order valence-electron chi connectivity index (χ0n) is 17.3. The van der Waals surface area contributed by atoms with E-state index < -0.39 is 0 Å². The fraction of sp³-hybridized carbons (Fsp3) is 0.160.